The molecule has 2 aromatic carbocycles. The molecule has 0 aliphatic carbocycles. The van der Waals surface area contributed by atoms with Crippen molar-refractivity contribution in [3.63, 3.8) is 0 Å². The van der Waals surface area contributed by atoms with Crippen molar-refractivity contribution in [1.82, 2.24) is 4.90 Å². The van der Waals surface area contributed by atoms with Crippen LogP contribution < -0.4 is 0 Å². The van der Waals surface area contributed by atoms with Gasteiger partial charge in [-0.1, -0.05) is 86.5 Å². The molecule has 1 heterocycles. The fourth-order valence-corrected chi connectivity index (χ4v) is 7.16. The smallest absolute Gasteiger partial charge is 0.161 e. The lowest BCUT2D eigenvalue weighted by Gasteiger charge is -2.38. The largest absolute Gasteiger partial charge is 0.400 e. The minimum atomic E-state index is -0.607. The van der Waals surface area contributed by atoms with Crippen molar-refractivity contribution in [2.45, 2.75) is 58.2 Å². The molecule has 2 unspecified atom stereocenters. The molecule has 2 aromatic rings. The molecule has 1 fully saturated rings. The van der Waals surface area contributed by atoms with Crippen LogP contribution in [0.25, 0.3) is 0 Å². The summed E-state index contributed by atoms with van der Waals surface area (Å²) in [4.78, 5) is 2.44. The highest BCUT2D eigenvalue weighted by Crippen LogP contribution is 2.41. The fourth-order valence-electron chi connectivity index (χ4n) is 4.96. The first kappa shape index (κ1) is 26.9. The van der Waals surface area contributed by atoms with E-state index in [4.69, 9.17) is 32.1 Å². The van der Waals surface area contributed by atoms with E-state index in [9.17, 15) is 5.11 Å². The maximum absolute atomic E-state index is 11.5. The third kappa shape index (κ3) is 7.15. The molecule has 1 aliphatic heterocycles. The van der Waals surface area contributed by atoms with Crippen molar-refractivity contribution in [3.05, 3.63) is 69.7 Å². The van der Waals surface area contributed by atoms with Crippen LogP contribution >= 0.6 is 23.2 Å². The van der Waals surface area contributed by atoms with Gasteiger partial charge in [-0.25, -0.2) is 0 Å². The van der Waals surface area contributed by atoms with E-state index in [-0.39, 0.29) is 23.5 Å². The molecule has 0 aromatic heterocycles. The van der Waals surface area contributed by atoms with Crippen LogP contribution in [0.5, 0.6) is 0 Å². The van der Waals surface area contributed by atoms with Gasteiger partial charge < -0.3 is 14.0 Å². The highest BCUT2D eigenvalue weighted by molar-refractivity contribution is 6.42. The first-order valence-corrected chi connectivity index (χ1v) is 16.6. The number of rotatable bonds is 11. The van der Waals surface area contributed by atoms with E-state index >= 15 is 0 Å². The Balaban J connectivity index is 1.82. The summed E-state index contributed by atoms with van der Waals surface area (Å²) in [7, 11) is -1.21. The van der Waals surface area contributed by atoms with Crippen molar-refractivity contribution in [3.8, 4) is 0 Å². The normalized spacial score (nSPS) is 22.0. The number of aliphatic hydroxyl groups is 1. The van der Waals surface area contributed by atoms with E-state index in [0.717, 1.165) is 25.2 Å². The van der Waals surface area contributed by atoms with Crippen LogP contribution in [0.2, 0.25) is 23.1 Å². The van der Waals surface area contributed by atoms with Gasteiger partial charge in [-0.05, 0) is 29.7 Å². The highest BCUT2D eigenvalue weighted by Gasteiger charge is 2.42. The summed E-state index contributed by atoms with van der Waals surface area (Å²) in [6, 6.07) is 16.4. The van der Waals surface area contributed by atoms with Crippen molar-refractivity contribution in [2.24, 2.45) is 11.3 Å². The number of hydrogen-bond acceptors (Lipinski definition) is 4. The Bertz CT molecular complexity index is 881. The van der Waals surface area contributed by atoms with E-state index in [0.29, 0.717) is 16.5 Å². The molecule has 0 bridgehead atoms. The molecule has 4 nitrogen and oxygen atoms in total. The predicted octanol–water partition coefficient (Wildman–Crippen LogP) is 4.61. The summed E-state index contributed by atoms with van der Waals surface area (Å²) in [5.41, 5.74) is 2.15. The van der Waals surface area contributed by atoms with Gasteiger partial charge in [-0.3, -0.25) is 4.90 Å². The molecule has 8 heteroatoms. The summed E-state index contributed by atoms with van der Waals surface area (Å²) in [6.07, 6.45) is -0.0833. The molecule has 33 heavy (non-hydrogen) atoms. The van der Waals surface area contributed by atoms with Gasteiger partial charge in [0, 0.05) is 36.9 Å². The summed E-state index contributed by atoms with van der Waals surface area (Å²) in [6.45, 7) is 11.1. The number of benzene rings is 2. The summed E-state index contributed by atoms with van der Waals surface area (Å²) in [5, 5.41) is 12.7. The van der Waals surface area contributed by atoms with Crippen molar-refractivity contribution >= 4 is 42.7 Å². The Hall–Kier alpha value is -0.706. The standard InChI is InChI=1S/C25H37Cl2NO3Si2/c1-25(2,24(30-32-3)31-33-4)13-23(29)20-16-28(14-17-8-6-5-7-9-17)15-19(20)18-10-11-21(26)22(27)12-18/h5-12,19-20,23-24,29H,13-16,32-33H2,1-4H3/t19?,20?,23-/m0/s1. The molecule has 1 N–H and O–H groups in total. The maximum Gasteiger partial charge on any atom is 0.161 e. The van der Waals surface area contributed by atoms with Crippen molar-refractivity contribution in [2.75, 3.05) is 13.1 Å². The van der Waals surface area contributed by atoms with E-state index in [2.05, 4.69) is 62.2 Å². The van der Waals surface area contributed by atoms with Gasteiger partial charge in [-0.15, -0.1) is 0 Å². The molecule has 1 saturated heterocycles. The maximum atomic E-state index is 11.5. The van der Waals surface area contributed by atoms with E-state index in [1.807, 2.05) is 18.2 Å². The van der Waals surface area contributed by atoms with Crippen LogP contribution in [0.4, 0.5) is 0 Å². The Morgan fingerprint density at radius 3 is 2.30 bits per heavy atom. The number of halogens is 2. The zero-order chi connectivity index (χ0) is 24.0. The van der Waals surface area contributed by atoms with Crippen LogP contribution in [-0.4, -0.2) is 55.0 Å². The molecule has 182 valence electrons. The third-order valence-electron chi connectivity index (χ3n) is 6.57. The quantitative estimate of drug-likeness (QED) is 0.343. The molecular formula is C25H37Cl2NO3Si2. The zero-order valence-corrected chi connectivity index (χ0v) is 24.5. The lowest BCUT2D eigenvalue weighted by Crippen LogP contribution is -2.41. The Labute approximate surface area is 213 Å². The molecular weight excluding hydrogens is 489 g/mol. The number of aliphatic hydroxyl groups excluding tert-OH is 1. The minimum Gasteiger partial charge on any atom is -0.400 e. The lowest BCUT2D eigenvalue weighted by molar-refractivity contribution is -0.100. The molecule has 0 spiro atoms. The summed E-state index contributed by atoms with van der Waals surface area (Å²) in [5.74, 6) is 0.263. The van der Waals surface area contributed by atoms with E-state index in [1.54, 1.807) is 0 Å². The predicted molar refractivity (Wildman–Crippen MR) is 144 cm³/mol. The summed E-state index contributed by atoms with van der Waals surface area (Å²) >= 11 is 12.6. The zero-order valence-electron chi connectivity index (χ0n) is 20.1. The Morgan fingerprint density at radius 1 is 1.03 bits per heavy atom. The van der Waals surface area contributed by atoms with E-state index < -0.39 is 25.6 Å². The number of nitrogens with zero attached hydrogens (tertiary/aromatic N) is 1. The van der Waals surface area contributed by atoms with Crippen LogP contribution in [-0.2, 0) is 15.4 Å². The van der Waals surface area contributed by atoms with Gasteiger partial charge >= 0.3 is 0 Å². The minimum absolute atomic E-state index is 0.0867. The highest BCUT2D eigenvalue weighted by atomic mass is 35.5. The van der Waals surface area contributed by atoms with Gasteiger partial charge in [0.2, 0.25) is 0 Å². The number of likely N-dealkylation sites (tertiary alicyclic amines) is 1. The lowest BCUT2D eigenvalue weighted by atomic mass is 9.77. The number of hydrogen-bond donors (Lipinski definition) is 1. The van der Waals surface area contributed by atoms with Crippen LogP contribution in [0.15, 0.2) is 48.5 Å². The monoisotopic (exact) mass is 525 g/mol. The Morgan fingerprint density at radius 2 is 1.70 bits per heavy atom. The van der Waals surface area contributed by atoms with Crippen LogP contribution in [0.3, 0.4) is 0 Å². The second-order valence-corrected chi connectivity index (χ2v) is 12.3. The molecule has 3 atom stereocenters. The SMILES string of the molecule is C[SiH2]OC(O[SiH2]C)C(C)(C)C[C@H](O)C1CN(Cc2ccccc2)CC1c1ccc(Cl)c(Cl)c1. The third-order valence-corrected chi connectivity index (χ3v) is 8.58. The fraction of sp³-hybridized carbons (Fsp3) is 0.520. The van der Waals surface area contributed by atoms with Crippen LogP contribution in [0.1, 0.15) is 37.3 Å². The van der Waals surface area contributed by atoms with Crippen molar-refractivity contribution in [1.29, 1.82) is 0 Å². The average Bonchev–Trinajstić information content (AvgIpc) is 3.20. The first-order valence-electron chi connectivity index (χ1n) is 11.9. The molecule has 3 rings (SSSR count). The first-order chi connectivity index (χ1) is 15.7. The molecule has 0 saturated carbocycles. The van der Waals surface area contributed by atoms with Gasteiger partial charge in [0.25, 0.3) is 0 Å². The molecule has 1 aliphatic rings. The molecule has 0 amide bonds. The van der Waals surface area contributed by atoms with Crippen LogP contribution in [0, 0.1) is 11.3 Å². The topological polar surface area (TPSA) is 41.9 Å². The second-order valence-electron chi connectivity index (χ2n) is 9.63. The average molecular weight is 527 g/mol. The van der Waals surface area contributed by atoms with Gasteiger partial charge in [0.1, 0.15) is 6.29 Å². The summed E-state index contributed by atoms with van der Waals surface area (Å²) < 4.78 is 12.1. The van der Waals surface area contributed by atoms with Gasteiger partial charge in [0.15, 0.2) is 19.5 Å². The van der Waals surface area contributed by atoms with Gasteiger partial charge in [-0.2, -0.15) is 0 Å². The molecule has 0 radical (unpaired) electrons. The Kier molecular flexibility index (Phi) is 10.0. The van der Waals surface area contributed by atoms with Crippen molar-refractivity contribution < 1.29 is 14.0 Å². The van der Waals surface area contributed by atoms with E-state index in [1.165, 1.54) is 5.56 Å². The van der Waals surface area contributed by atoms with Gasteiger partial charge in [0.05, 0.1) is 16.1 Å². The second kappa shape index (κ2) is 12.3.